The first kappa shape index (κ1) is 37.9. The summed E-state index contributed by atoms with van der Waals surface area (Å²) >= 11 is 0. The van der Waals surface area contributed by atoms with Crippen molar-refractivity contribution in [2.45, 2.75) is 11.8 Å². The Morgan fingerprint density at radius 2 is 1.00 bits per heavy atom. The van der Waals surface area contributed by atoms with Gasteiger partial charge in [-0.1, -0.05) is 231 Å². The number of hydrogen-bond acceptors (Lipinski definition) is 1. The first-order chi connectivity index (χ1) is 31.2. The minimum atomic E-state index is -0.442. The molecule has 2 heteroatoms. The Bertz CT molecular complexity index is 3320. The molecule has 0 fully saturated rings. The summed E-state index contributed by atoms with van der Waals surface area (Å²) in [5.74, 6) is 0.482. The predicted octanol–water partition coefficient (Wildman–Crippen LogP) is 14.7. The highest BCUT2D eigenvalue weighted by molar-refractivity contribution is 6.06. The van der Waals surface area contributed by atoms with Crippen molar-refractivity contribution < 1.29 is 0 Å². The van der Waals surface area contributed by atoms with Crippen LogP contribution in [0, 0.1) is 0 Å². The lowest BCUT2D eigenvalue weighted by atomic mass is 9.67. The number of nitrogens with zero attached hydrogens (tertiary/aromatic N) is 1. The van der Waals surface area contributed by atoms with Crippen molar-refractivity contribution in [2.24, 2.45) is 10.7 Å². The minimum absolute atomic E-state index is 0.442. The summed E-state index contributed by atoms with van der Waals surface area (Å²) in [6.45, 7) is 0. The van der Waals surface area contributed by atoms with E-state index in [-0.39, 0.29) is 0 Å². The molecule has 10 aromatic carbocycles. The van der Waals surface area contributed by atoms with Gasteiger partial charge in [-0.15, -0.1) is 0 Å². The van der Waals surface area contributed by atoms with Gasteiger partial charge in [0.2, 0.25) is 0 Å². The van der Waals surface area contributed by atoms with Crippen molar-refractivity contribution >= 4 is 33.1 Å². The van der Waals surface area contributed by atoms with Crippen LogP contribution in [0.25, 0.3) is 60.6 Å². The maximum absolute atomic E-state index is 6.85. The molecule has 0 unspecified atom stereocenters. The Labute approximate surface area is 369 Å². The summed E-state index contributed by atoms with van der Waals surface area (Å²) in [7, 11) is 0. The van der Waals surface area contributed by atoms with Crippen molar-refractivity contribution in [3.63, 3.8) is 0 Å². The molecule has 298 valence electrons. The number of aliphatic imine (C=N–C) groups is 1. The summed E-state index contributed by atoms with van der Waals surface area (Å²) in [5, 5.41) is 4.75. The van der Waals surface area contributed by atoms with Crippen molar-refractivity contribution in [2.75, 3.05) is 0 Å². The van der Waals surface area contributed by atoms with Crippen LogP contribution in [0.2, 0.25) is 0 Å². The Kier molecular flexibility index (Phi) is 9.67. The van der Waals surface area contributed by atoms with Crippen LogP contribution in [0.1, 0.15) is 38.9 Å². The molecule has 0 bridgehead atoms. The molecule has 0 radical (unpaired) electrons. The Balaban J connectivity index is 1.05. The van der Waals surface area contributed by atoms with E-state index in [0.29, 0.717) is 12.3 Å². The zero-order valence-corrected chi connectivity index (χ0v) is 34.8. The minimum Gasteiger partial charge on any atom is -0.383 e. The summed E-state index contributed by atoms with van der Waals surface area (Å²) in [6, 6.07) is 85.2. The molecule has 0 aliphatic heterocycles. The van der Waals surface area contributed by atoms with Crippen LogP contribution in [-0.4, -0.2) is 5.84 Å². The number of amidine groups is 1. The van der Waals surface area contributed by atoms with Gasteiger partial charge in [-0.3, -0.25) is 0 Å². The summed E-state index contributed by atoms with van der Waals surface area (Å²) in [5.41, 5.74) is 22.8. The van der Waals surface area contributed by atoms with E-state index < -0.39 is 5.41 Å². The fourth-order valence-corrected chi connectivity index (χ4v) is 9.95. The van der Waals surface area contributed by atoms with Crippen molar-refractivity contribution in [1.29, 1.82) is 0 Å². The molecule has 10 aromatic rings. The van der Waals surface area contributed by atoms with E-state index in [0.717, 1.165) is 27.6 Å². The number of benzene rings is 10. The SMILES string of the molecule is NC(=N/C(=C\Cc1ccccc1-c1ccc2ccccc2c1)c1ccc(-c2ccc3c(c2)-c2ccccc2C3(c2ccccc2)c2ccccc2)c2ccccc12)c1ccccc1. The molecular formula is C61H44N2. The second-order valence-electron chi connectivity index (χ2n) is 16.4. The molecule has 0 aromatic heterocycles. The largest absolute Gasteiger partial charge is 0.383 e. The van der Waals surface area contributed by atoms with Crippen LogP contribution in [0.3, 0.4) is 0 Å². The molecule has 0 saturated heterocycles. The fraction of sp³-hybridized carbons (Fsp3) is 0.0328. The summed E-state index contributed by atoms with van der Waals surface area (Å²) in [6.07, 6.45) is 2.92. The van der Waals surface area contributed by atoms with Gasteiger partial charge >= 0.3 is 0 Å². The standard InChI is InChI=1S/C61H44N2/c62-60(44-20-4-1-5-21-44)63-59(39-35-43-19-12-13-27-50(43)46-33-32-42-18-10-11-22-45(42)40-46)55-37-36-51(52-28-14-15-29-53(52)55)47-34-38-58-56(41-47)54-30-16-17-31-57(54)61(58,48-23-6-2-7-24-48)49-25-8-3-9-26-49/h1-34,36-41H,35H2,(H2,62,63)/b59-39-. The Hall–Kier alpha value is -8.07. The number of hydrogen-bond donors (Lipinski definition) is 1. The van der Waals surface area contributed by atoms with Crippen LogP contribution >= 0.6 is 0 Å². The second-order valence-corrected chi connectivity index (χ2v) is 16.4. The van der Waals surface area contributed by atoms with Gasteiger partial charge in [0.15, 0.2) is 0 Å². The van der Waals surface area contributed by atoms with E-state index >= 15 is 0 Å². The zero-order chi connectivity index (χ0) is 42.2. The molecule has 2 N–H and O–H groups in total. The van der Waals surface area contributed by atoms with Crippen molar-refractivity contribution in [3.8, 4) is 33.4 Å². The quantitative estimate of drug-likeness (QED) is 0.115. The van der Waals surface area contributed by atoms with Crippen molar-refractivity contribution in [3.05, 3.63) is 282 Å². The first-order valence-electron chi connectivity index (χ1n) is 21.7. The van der Waals surface area contributed by atoms with Gasteiger partial charge in [-0.25, -0.2) is 4.99 Å². The lowest BCUT2D eigenvalue weighted by Crippen LogP contribution is -2.28. The van der Waals surface area contributed by atoms with Gasteiger partial charge in [0.25, 0.3) is 0 Å². The third-order valence-corrected chi connectivity index (χ3v) is 12.9. The predicted molar refractivity (Wildman–Crippen MR) is 265 cm³/mol. The molecule has 1 aliphatic carbocycles. The average molecular weight is 805 g/mol. The number of rotatable bonds is 9. The van der Waals surface area contributed by atoms with Crippen LogP contribution in [0.15, 0.2) is 248 Å². The first-order valence-corrected chi connectivity index (χ1v) is 21.7. The topological polar surface area (TPSA) is 38.4 Å². The van der Waals surface area contributed by atoms with E-state index in [1.54, 1.807) is 0 Å². The van der Waals surface area contributed by atoms with E-state index in [4.69, 9.17) is 10.7 Å². The maximum atomic E-state index is 6.85. The Morgan fingerprint density at radius 1 is 0.429 bits per heavy atom. The lowest BCUT2D eigenvalue weighted by molar-refractivity contribution is 0.768. The smallest absolute Gasteiger partial charge is 0.131 e. The van der Waals surface area contributed by atoms with Crippen LogP contribution in [0.4, 0.5) is 0 Å². The fourth-order valence-electron chi connectivity index (χ4n) is 9.95. The number of allylic oxidation sites excluding steroid dienone is 1. The van der Waals surface area contributed by atoms with Gasteiger partial charge in [-0.2, -0.15) is 0 Å². The number of fused-ring (bicyclic) bond motifs is 5. The third-order valence-electron chi connectivity index (χ3n) is 12.9. The Morgan fingerprint density at radius 3 is 1.76 bits per heavy atom. The molecule has 0 amide bonds. The third kappa shape index (κ3) is 6.65. The van der Waals surface area contributed by atoms with Crippen molar-refractivity contribution in [1.82, 2.24) is 0 Å². The van der Waals surface area contributed by atoms with Gasteiger partial charge in [0.1, 0.15) is 5.84 Å². The lowest BCUT2D eigenvalue weighted by Gasteiger charge is -2.33. The van der Waals surface area contributed by atoms with Gasteiger partial charge in [0.05, 0.1) is 11.1 Å². The highest BCUT2D eigenvalue weighted by Gasteiger charge is 2.46. The monoisotopic (exact) mass is 804 g/mol. The normalized spacial score (nSPS) is 13.2. The molecule has 0 atom stereocenters. The molecular weight excluding hydrogens is 761 g/mol. The highest BCUT2D eigenvalue weighted by Crippen LogP contribution is 2.56. The average Bonchev–Trinajstić information content (AvgIpc) is 3.66. The maximum Gasteiger partial charge on any atom is 0.131 e. The molecule has 1 aliphatic rings. The van der Waals surface area contributed by atoms with Gasteiger partial charge in [0, 0.05) is 11.1 Å². The van der Waals surface area contributed by atoms with E-state index in [2.05, 4.69) is 212 Å². The van der Waals surface area contributed by atoms with E-state index in [9.17, 15) is 0 Å². The molecule has 11 rings (SSSR count). The van der Waals surface area contributed by atoms with E-state index in [1.165, 1.54) is 72.0 Å². The second kappa shape index (κ2) is 16.1. The van der Waals surface area contributed by atoms with Gasteiger partial charge < -0.3 is 5.73 Å². The molecule has 0 heterocycles. The zero-order valence-electron chi connectivity index (χ0n) is 34.8. The van der Waals surface area contributed by atoms with E-state index in [1.807, 2.05) is 30.3 Å². The molecule has 0 spiro atoms. The highest BCUT2D eigenvalue weighted by atomic mass is 14.9. The number of nitrogens with two attached hydrogens (primary N) is 1. The summed E-state index contributed by atoms with van der Waals surface area (Å²) < 4.78 is 0. The van der Waals surface area contributed by atoms with Crippen LogP contribution in [-0.2, 0) is 11.8 Å². The van der Waals surface area contributed by atoms with Gasteiger partial charge in [-0.05, 0) is 101 Å². The summed E-state index contributed by atoms with van der Waals surface area (Å²) in [4.78, 5) is 5.23. The van der Waals surface area contributed by atoms with Crippen LogP contribution < -0.4 is 5.73 Å². The van der Waals surface area contributed by atoms with Crippen LogP contribution in [0.5, 0.6) is 0 Å². The molecule has 0 saturated carbocycles. The molecule has 2 nitrogen and oxygen atoms in total. The molecule has 63 heavy (non-hydrogen) atoms.